The number of aryl methyl sites for hydroxylation is 2. The van der Waals surface area contributed by atoms with Crippen molar-refractivity contribution in [2.24, 2.45) is 0 Å². The third kappa shape index (κ3) is 3.73. The summed E-state index contributed by atoms with van der Waals surface area (Å²) in [6.07, 6.45) is 8.09. The summed E-state index contributed by atoms with van der Waals surface area (Å²) in [6, 6.07) is 16.5. The van der Waals surface area contributed by atoms with E-state index >= 15 is 0 Å². The molecule has 2 aromatic carbocycles. The molecule has 1 fully saturated rings. The largest absolute Gasteiger partial charge is 0.289 e. The van der Waals surface area contributed by atoms with Gasteiger partial charge >= 0.3 is 0 Å². The molecule has 24 heavy (non-hydrogen) atoms. The topological polar surface area (TPSA) is 17.1 Å². The van der Waals surface area contributed by atoms with Crippen LogP contribution in [-0.4, -0.2) is 5.78 Å². The molecule has 0 N–H and O–H groups in total. The van der Waals surface area contributed by atoms with Crippen LogP contribution in [0.15, 0.2) is 59.7 Å². The molecule has 0 aromatic heterocycles. The molecule has 0 unspecified atom stereocenters. The average molecular weight is 316 g/mol. The first-order chi connectivity index (χ1) is 11.6. The molecule has 0 bridgehead atoms. The molecule has 1 saturated carbocycles. The van der Waals surface area contributed by atoms with E-state index in [4.69, 9.17) is 0 Å². The molecular formula is C23H24O. The maximum absolute atomic E-state index is 13.0. The van der Waals surface area contributed by atoms with Crippen molar-refractivity contribution < 1.29 is 4.79 Å². The van der Waals surface area contributed by atoms with Crippen LogP contribution in [0.1, 0.15) is 47.9 Å². The third-order valence-electron chi connectivity index (χ3n) is 4.76. The van der Waals surface area contributed by atoms with Gasteiger partial charge in [0, 0.05) is 11.1 Å². The number of hydrogen-bond acceptors (Lipinski definition) is 1. The second-order valence-electron chi connectivity index (χ2n) is 6.59. The van der Waals surface area contributed by atoms with Crippen LogP contribution in [0.2, 0.25) is 0 Å². The number of allylic oxidation sites excluding steroid dienone is 2. The van der Waals surface area contributed by atoms with E-state index in [1.54, 1.807) is 0 Å². The normalized spacial score (nSPS) is 18.8. The second kappa shape index (κ2) is 7.44. The average Bonchev–Trinajstić information content (AvgIpc) is 2.75. The molecule has 2 aromatic rings. The molecule has 0 spiro atoms. The van der Waals surface area contributed by atoms with E-state index in [9.17, 15) is 4.79 Å². The van der Waals surface area contributed by atoms with Gasteiger partial charge < -0.3 is 0 Å². The van der Waals surface area contributed by atoms with Gasteiger partial charge in [-0.05, 0) is 73.9 Å². The van der Waals surface area contributed by atoms with Crippen LogP contribution < -0.4 is 0 Å². The van der Waals surface area contributed by atoms with E-state index in [-0.39, 0.29) is 5.78 Å². The first kappa shape index (κ1) is 16.4. The van der Waals surface area contributed by atoms with Crippen molar-refractivity contribution in [2.45, 2.75) is 39.5 Å². The van der Waals surface area contributed by atoms with Crippen molar-refractivity contribution in [3.8, 4) is 0 Å². The number of ketones is 1. The first-order valence-corrected chi connectivity index (χ1v) is 8.72. The van der Waals surface area contributed by atoms with Gasteiger partial charge in [-0.2, -0.15) is 0 Å². The Morgan fingerprint density at radius 2 is 1.12 bits per heavy atom. The molecule has 122 valence electrons. The fourth-order valence-corrected chi connectivity index (χ4v) is 3.21. The maximum atomic E-state index is 13.0. The summed E-state index contributed by atoms with van der Waals surface area (Å²) in [4.78, 5) is 13.0. The number of rotatable bonds is 2. The summed E-state index contributed by atoms with van der Waals surface area (Å²) in [5.41, 5.74) is 6.62. The van der Waals surface area contributed by atoms with Gasteiger partial charge in [0.2, 0.25) is 0 Å². The van der Waals surface area contributed by atoms with Gasteiger partial charge in [-0.3, -0.25) is 4.79 Å². The highest BCUT2D eigenvalue weighted by atomic mass is 16.1. The zero-order chi connectivity index (χ0) is 16.9. The Kier molecular flexibility index (Phi) is 5.10. The molecule has 3 rings (SSSR count). The van der Waals surface area contributed by atoms with Crippen LogP contribution in [0, 0.1) is 13.8 Å². The van der Waals surface area contributed by atoms with Crippen molar-refractivity contribution in [1.82, 2.24) is 0 Å². The standard InChI is InChI=1S/C23H24O/c1-17-9-3-5-11-19(17)15-21-13-7-8-14-22(23(21)24)16-20-12-6-4-10-18(20)2/h3-6,9-12,15-16H,7-8,13-14H2,1-2H3/b21-15-,22-16+. The summed E-state index contributed by atoms with van der Waals surface area (Å²) in [7, 11) is 0. The molecule has 0 radical (unpaired) electrons. The number of benzene rings is 2. The van der Waals surface area contributed by atoms with Gasteiger partial charge in [0.15, 0.2) is 5.78 Å². The number of Topliss-reactive ketones (excluding diaryl/α,β-unsaturated/α-hetero) is 1. The summed E-state index contributed by atoms with van der Waals surface area (Å²) < 4.78 is 0. The molecule has 1 aliphatic carbocycles. The Bertz CT molecular complexity index is 741. The molecule has 0 saturated heterocycles. The smallest absolute Gasteiger partial charge is 0.185 e. The lowest BCUT2D eigenvalue weighted by Crippen LogP contribution is -2.04. The Labute approximate surface area is 144 Å². The fourth-order valence-electron chi connectivity index (χ4n) is 3.21. The molecule has 1 aliphatic rings. The molecular weight excluding hydrogens is 292 g/mol. The molecule has 0 aliphatic heterocycles. The highest BCUT2D eigenvalue weighted by Crippen LogP contribution is 2.28. The van der Waals surface area contributed by atoms with E-state index in [0.29, 0.717) is 0 Å². The minimum absolute atomic E-state index is 0.221. The maximum Gasteiger partial charge on any atom is 0.185 e. The van der Waals surface area contributed by atoms with Gasteiger partial charge in [0.25, 0.3) is 0 Å². The Morgan fingerprint density at radius 3 is 1.54 bits per heavy atom. The fraction of sp³-hybridized carbons (Fsp3) is 0.261. The Morgan fingerprint density at radius 1 is 0.708 bits per heavy atom. The van der Waals surface area contributed by atoms with Crippen molar-refractivity contribution in [1.29, 1.82) is 0 Å². The number of hydrogen-bond donors (Lipinski definition) is 0. The van der Waals surface area contributed by atoms with E-state index < -0.39 is 0 Å². The third-order valence-corrected chi connectivity index (χ3v) is 4.76. The van der Waals surface area contributed by atoms with Crippen molar-refractivity contribution >= 4 is 17.9 Å². The van der Waals surface area contributed by atoms with Crippen LogP contribution in [0.3, 0.4) is 0 Å². The van der Waals surface area contributed by atoms with E-state index in [1.165, 1.54) is 11.1 Å². The van der Waals surface area contributed by atoms with E-state index in [0.717, 1.165) is 48.0 Å². The van der Waals surface area contributed by atoms with Crippen molar-refractivity contribution in [2.75, 3.05) is 0 Å². The molecule has 0 amide bonds. The summed E-state index contributed by atoms with van der Waals surface area (Å²) >= 11 is 0. The van der Waals surface area contributed by atoms with Gasteiger partial charge in [-0.25, -0.2) is 0 Å². The summed E-state index contributed by atoms with van der Waals surface area (Å²) in [5, 5.41) is 0. The quantitative estimate of drug-likeness (QED) is 0.497. The summed E-state index contributed by atoms with van der Waals surface area (Å²) in [6.45, 7) is 4.19. The Balaban J connectivity index is 1.97. The van der Waals surface area contributed by atoms with E-state index in [2.05, 4.69) is 50.3 Å². The van der Waals surface area contributed by atoms with Crippen molar-refractivity contribution in [3.05, 3.63) is 81.9 Å². The van der Waals surface area contributed by atoms with Crippen LogP contribution >= 0.6 is 0 Å². The highest BCUT2D eigenvalue weighted by Gasteiger charge is 2.19. The lowest BCUT2D eigenvalue weighted by atomic mass is 9.96. The predicted molar refractivity (Wildman–Crippen MR) is 102 cm³/mol. The molecule has 1 nitrogen and oxygen atoms in total. The van der Waals surface area contributed by atoms with Crippen LogP contribution in [-0.2, 0) is 4.79 Å². The van der Waals surface area contributed by atoms with Crippen molar-refractivity contribution in [3.63, 3.8) is 0 Å². The van der Waals surface area contributed by atoms with Crippen LogP contribution in [0.4, 0.5) is 0 Å². The molecule has 1 heteroatoms. The first-order valence-electron chi connectivity index (χ1n) is 8.72. The van der Waals surface area contributed by atoms with E-state index in [1.807, 2.05) is 24.3 Å². The number of carbonyl (C=O) groups is 1. The SMILES string of the molecule is Cc1ccccc1/C=C1/CCCC/C(=C\c2ccccc2C)C1=O. The minimum atomic E-state index is 0.221. The Hall–Kier alpha value is -2.41. The van der Waals surface area contributed by atoms with Gasteiger partial charge in [0.05, 0.1) is 0 Å². The monoisotopic (exact) mass is 316 g/mol. The predicted octanol–water partition coefficient (Wildman–Crippen LogP) is 5.91. The highest BCUT2D eigenvalue weighted by molar-refractivity contribution is 6.13. The number of carbonyl (C=O) groups excluding carboxylic acids is 1. The van der Waals surface area contributed by atoms with Gasteiger partial charge in [-0.15, -0.1) is 0 Å². The molecule has 0 atom stereocenters. The lowest BCUT2D eigenvalue weighted by molar-refractivity contribution is -0.112. The summed E-state index contributed by atoms with van der Waals surface area (Å²) in [5.74, 6) is 0.221. The minimum Gasteiger partial charge on any atom is -0.289 e. The zero-order valence-corrected chi connectivity index (χ0v) is 14.5. The zero-order valence-electron chi connectivity index (χ0n) is 14.5. The van der Waals surface area contributed by atoms with Crippen LogP contribution in [0.25, 0.3) is 12.2 Å². The second-order valence-corrected chi connectivity index (χ2v) is 6.59. The lowest BCUT2D eigenvalue weighted by Gasteiger charge is -2.08. The molecule has 0 heterocycles. The van der Waals surface area contributed by atoms with Crippen LogP contribution in [0.5, 0.6) is 0 Å². The van der Waals surface area contributed by atoms with Gasteiger partial charge in [-0.1, -0.05) is 48.5 Å². The van der Waals surface area contributed by atoms with Gasteiger partial charge in [0.1, 0.15) is 0 Å².